The van der Waals surface area contributed by atoms with Crippen LogP contribution in [0.3, 0.4) is 0 Å². The Hall–Kier alpha value is -1.84. The molecule has 18 heavy (non-hydrogen) atoms. The topological polar surface area (TPSA) is 60.4 Å². The summed E-state index contributed by atoms with van der Waals surface area (Å²) in [5, 5.41) is 11.5. The van der Waals surface area contributed by atoms with Crippen molar-refractivity contribution >= 4 is 11.9 Å². The molecule has 0 atom stereocenters. The van der Waals surface area contributed by atoms with Gasteiger partial charge in [-0.15, -0.1) is 0 Å². The van der Waals surface area contributed by atoms with E-state index in [0.29, 0.717) is 25.9 Å². The Labute approximate surface area is 106 Å². The first-order valence-electron chi connectivity index (χ1n) is 6.09. The normalized spacial score (nSPS) is 18.4. The average molecular weight is 246 g/mol. The third-order valence-corrected chi connectivity index (χ3v) is 3.78. The summed E-state index contributed by atoms with van der Waals surface area (Å²) in [5.74, 6) is -1.05. The number of hydrogen-bond acceptors (Lipinski definition) is 3. The number of hydrogen-bond donors (Lipinski definition) is 0. The summed E-state index contributed by atoms with van der Waals surface area (Å²) in [6.45, 7) is 2.45. The van der Waals surface area contributed by atoms with Crippen LogP contribution in [0.15, 0.2) is 30.3 Å². The van der Waals surface area contributed by atoms with Crippen molar-refractivity contribution in [2.75, 3.05) is 13.1 Å². The first kappa shape index (κ1) is 12.6. The van der Waals surface area contributed by atoms with E-state index in [1.807, 2.05) is 30.3 Å². The molecule has 1 fully saturated rings. The summed E-state index contributed by atoms with van der Waals surface area (Å²) >= 11 is 0. The van der Waals surface area contributed by atoms with E-state index in [0.717, 1.165) is 5.56 Å². The number of amides is 1. The molecule has 0 aromatic heterocycles. The first-order chi connectivity index (χ1) is 8.56. The van der Waals surface area contributed by atoms with Gasteiger partial charge in [-0.05, 0) is 18.4 Å². The quantitative estimate of drug-likeness (QED) is 0.755. The van der Waals surface area contributed by atoms with Crippen molar-refractivity contribution in [2.24, 2.45) is 0 Å². The van der Waals surface area contributed by atoms with Gasteiger partial charge >= 0.3 is 0 Å². The maximum Gasteiger partial charge on any atom is 0.219 e. The number of piperidine rings is 1. The number of carboxylic acid groups (broad SMARTS) is 1. The predicted molar refractivity (Wildman–Crippen MR) is 64.6 cm³/mol. The SMILES string of the molecule is CC(=O)N1CCC(C(=O)[O-])(c2ccccc2)CC1. The van der Waals surface area contributed by atoms with E-state index in [1.54, 1.807) is 4.90 Å². The zero-order valence-corrected chi connectivity index (χ0v) is 10.4. The lowest BCUT2D eigenvalue weighted by atomic mass is 9.73. The van der Waals surface area contributed by atoms with Gasteiger partial charge in [0.25, 0.3) is 0 Å². The molecule has 0 N–H and O–H groups in total. The number of carboxylic acids is 1. The highest BCUT2D eigenvalue weighted by atomic mass is 16.4. The van der Waals surface area contributed by atoms with Gasteiger partial charge in [-0.3, -0.25) is 4.79 Å². The van der Waals surface area contributed by atoms with Crippen LogP contribution in [-0.2, 0) is 15.0 Å². The van der Waals surface area contributed by atoms with E-state index >= 15 is 0 Å². The third kappa shape index (κ3) is 2.10. The molecule has 0 saturated carbocycles. The number of nitrogens with zero attached hydrogens (tertiary/aromatic N) is 1. The molecule has 0 radical (unpaired) electrons. The molecule has 1 aromatic rings. The van der Waals surface area contributed by atoms with Gasteiger partial charge in [-0.2, -0.15) is 0 Å². The molecule has 4 heteroatoms. The third-order valence-electron chi connectivity index (χ3n) is 3.78. The Morgan fingerprint density at radius 2 is 1.72 bits per heavy atom. The molecule has 0 bridgehead atoms. The van der Waals surface area contributed by atoms with Gasteiger partial charge in [-0.1, -0.05) is 30.3 Å². The second-order valence-corrected chi connectivity index (χ2v) is 4.74. The van der Waals surface area contributed by atoms with E-state index in [-0.39, 0.29) is 5.91 Å². The van der Waals surface area contributed by atoms with Crippen LogP contribution >= 0.6 is 0 Å². The summed E-state index contributed by atoms with van der Waals surface area (Å²) in [7, 11) is 0. The zero-order valence-electron chi connectivity index (χ0n) is 10.4. The van der Waals surface area contributed by atoms with E-state index in [1.165, 1.54) is 6.92 Å². The molecule has 1 amide bonds. The first-order valence-corrected chi connectivity index (χ1v) is 6.09. The van der Waals surface area contributed by atoms with Crippen molar-refractivity contribution in [3.05, 3.63) is 35.9 Å². The predicted octanol–water partition coefficient (Wildman–Crippen LogP) is 0.317. The monoisotopic (exact) mass is 246 g/mol. The Morgan fingerprint density at radius 1 is 1.17 bits per heavy atom. The lowest BCUT2D eigenvalue weighted by Crippen LogP contribution is -2.53. The molecule has 1 aliphatic heterocycles. The molecule has 0 aliphatic carbocycles. The minimum Gasteiger partial charge on any atom is -0.549 e. The molecule has 0 unspecified atom stereocenters. The van der Waals surface area contributed by atoms with Gasteiger partial charge in [-0.25, -0.2) is 0 Å². The molecule has 4 nitrogen and oxygen atoms in total. The summed E-state index contributed by atoms with van der Waals surface area (Å²) < 4.78 is 0. The fraction of sp³-hybridized carbons (Fsp3) is 0.429. The number of likely N-dealkylation sites (tertiary alicyclic amines) is 1. The highest BCUT2D eigenvalue weighted by molar-refractivity contribution is 5.80. The van der Waals surface area contributed by atoms with E-state index in [2.05, 4.69) is 0 Å². The van der Waals surface area contributed by atoms with Crippen LogP contribution in [0, 0.1) is 0 Å². The number of carbonyl (C=O) groups excluding carboxylic acids is 2. The van der Waals surface area contributed by atoms with Crippen LogP contribution < -0.4 is 5.11 Å². The fourth-order valence-electron chi connectivity index (χ4n) is 2.57. The van der Waals surface area contributed by atoms with Gasteiger partial charge in [0.1, 0.15) is 0 Å². The lowest BCUT2D eigenvalue weighted by Gasteiger charge is -2.42. The van der Waals surface area contributed by atoms with Crippen molar-refractivity contribution in [2.45, 2.75) is 25.2 Å². The minimum absolute atomic E-state index is 0.00462. The van der Waals surface area contributed by atoms with Crippen molar-refractivity contribution in [3.8, 4) is 0 Å². The zero-order chi connectivity index (χ0) is 13.2. The van der Waals surface area contributed by atoms with Crippen molar-refractivity contribution < 1.29 is 14.7 Å². The summed E-state index contributed by atoms with van der Waals surface area (Å²) in [6.07, 6.45) is 0.831. The largest absolute Gasteiger partial charge is 0.549 e. The highest BCUT2D eigenvalue weighted by Crippen LogP contribution is 2.35. The van der Waals surface area contributed by atoms with Crippen LogP contribution in [0.1, 0.15) is 25.3 Å². The molecule has 1 aromatic carbocycles. The van der Waals surface area contributed by atoms with Crippen LogP contribution in [0.4, 0.5) is 0 Å². The molecule has 2 rings (SSSR count). The van der Waals surface area contributed by atoms with E-state index in [4.69, 9.17) is 0 Å². The van der Waals surface area contributed by atoms with Crippen LogP contribution in [0.5, 0.6) is 0 Å². The molecular formula is C14H16NO3-. The van der Waals surface area contributed by atoms with E-state index < -0.39 is 11.4 Å². The minimum atomic E-state index is -1.04. The lowest BCUT2D eigenvalue weighted by molar-refractivity contribution is -0.315. The Kier molecular flexibility index (Phi) is 3.36. The number of rotatable bonds is 2. The molecular weight excluding hydrogens is 230 g/mol. The second-order valence-electron chi connectivity index (χ2n) is 4.74. The molecule has 0 spiro atoms. The van der Waals surface area contributed by atoms with Crippen LogP contribution in [-0.4, -0.2) is 29.9 Å². The van der Waals surface area contributed by atoms with E-state index in [9.17, 15) is 14.7 Å². The van der Waals surface area contributed by atoms with Crippen LogP contribution in [0.2, 0.25) is 0 Å². The molecule has 96 valence electrons. The maximum atomic E-state index is 11.5. The van der Waals surface area contributed by atoms with Gasteiger partial charge in [0.15, 0.2) is 0 Å². The second kappa shape index (κ2) is 4.80. The van der Waals surface area contributed by atoms with Crippen LogP contribution in [0.25, 0.3) is 0 Å². The number of carbonyl (C=O) groups is 2. The van der Waals surface area contributed by atoms with Gasteiger partial charge in [0.2, 0.25) is 5.91 Å². The fourth-order valence-corrected chi connectivity index (χ4v) is 2.57. The number of aliphatic carboxylic acids is 1. The molecule has 1 saturated heterocycles. The van der Waals surface area contributed by atoms with Gasteiger partial charge in [0, 0.05) is 25.4 Å². The number of benzene rings is 1. The van der Waals surface area contributed by atoms with Gasteiger partial charge < -0.3 is 14.8 Å². The summed E-state index contributed by atoms with van der Waals surface area (Å²) in [5.41, 5.74) is -0.180. The smallest absolute Gasteiger partial charge is 0.219 e. The Bertz CT molecular complexity index is 447. The summed E-state index contributed by atoms with van der Waals surface area (Å²) in [4.78, 5) is 24.5. The average Bonchev–Trinajstić information content (AvgIpc) is 2.39. The summed E-state index contributed by atoms with van der Waals surface area (Å²) in [6, 6.07) is 9.16. The molecule has 1 heterocycles. The maximum absolute atomic E-state index is 11.5. The van der Waals surface area contributed by atoms with Crippen molar-refractivity contribution in [1.29, 1.82) is 0 Å². The standard InChI is InChI=1S/C14H17NO3/c1-11(16)15-9-7-14(8-10-15,13(17)18)12-5-3-2-4-6-12/h2-6H,7-10H2,1H3,(H,17,18)/p-1. The van der Waals surface area contributed by atoms with Crippen molar-refractivity contribution in [1.82, 2.24) is 4.90 Å². The van der Waals surface area contributed by atoms with Crippen molar-refractivity contribution in [3.63, 3.8) is 0 Å². The van der Waals surface area contributed by atoms with Gasteiger partial charge in [0.05, 0.1) is 5.97 Å². The highest BCUT2D eigenvalue weighted by Gasteiger charge is 2.38. The Morgan fingerprint density at radius 3 is 2.17 bits per heavy atom. The molecule has 1 aliphatic rings. The Balaban J connectivity index is 2.27.